The van der Waals surface area contributed by atoms with E-state index in [1.165, 1.54) is 0 Å². The van der Waals surface area contributed by atoms with Gasteiger partial charge in [-0.25, -0.2) is 4.79 Å². The summed E-state index contributed by atoms with van der Waals surface area (Å²) in [5.41, 5.74) is 0.432. The molecule has 0 spiro atoms. The highest BCUT2D eigenvalue weighted by molar-refractivity contribution is 6.31. The van der Waals surface area contributed by atoms with Gasteiger partial charge in [0.1, 0.15) is 0 Å². The van der Waals surface area contributed by atoms with Crippen molar-refractivity contribution in [1.82, 2.24) is 9.97 Å². The Morgan fingerprint density at radius 3 is 3.00 bits per heavy atom. The Morgan fingerprint density at radius 1 is 1.50 bits per heavy atom. The monoisotopic (exact) mass is 267 g/mol. The molecule has 1 aromatic heterocycles. The van der Waals surface area contributed by atoms with Crippen molar-refractivity contribution in [3.8, 4) is 6.01 Å². The Labute approximate surface area is 108 Å². The average Bonchev–Trinajstić information content (AvgIpc) is 2.28. The molecule has 6 nitrogen and oxygen atoms in total. The molecule has 0 saturated carbocycles. The lowest BCUT2D eigenvalue weighted by atomic mass is 10.2. The third-order valence-corrected chi connectivity index (χ3v) is 2.38. The van der Waals surface area contributed by atoms with E-state index in [9.17, 15) is 9.90 Å². The normalized spacial score (nSPS) is 10.3. The van der Waals surface area contributed by atoms with Crippen LogP contribution in [0.15, 0.2) is 18.2 Å². The number of rotatable bonds is 2. The van der Waals surface area contributed by atoms with Crippen molar-refractivity contribution in [2.45, 2.75) is 6.92 Å². The third-order valence-electron chi connectivity index (χ3n) is 2.14. The Bertz CT molecular complexity index is 598. The highest BCUT2D eigenvalue weighted by Gasteiger charge is 2.11. The summed E-state index contributed by atoms with van der Waals surface area (Å²) in [6.07, 6.45) is -0.646. The predicted octanol–water partition coefficient (Wildman–Crippen LogP) is 2.56. The smallest absolute Gasteiger partial charge is 0.412 e. The van der Waals surface area contributed by atoms with Crippen LogP contribution in [-0.2, 0) is 4.74 Å². The van der Waals surface area contributed by atoms with Gasteiger partial charge in [0.25, 0.3) is 0 Å². The fraction of sp³-hybridized carbons (Fsp3) is 0.182. The molecule has 1 amide bonds. The van der Waals surface area contributed by atoms with Gasteiger partial charge < -0.3 is 9.84 Å². The van der Waals surface area contributed by atoms with Crippen LogP contribution in [0.4, 0.5) is 10.6 Å². The van der Waals surface area contributed by atoms with E-state index in [-0.39, 0.29) is 12.4 Å². The number of aromatic nitrogens is 2. The lowest BCUT2D eigenvalue weighted by Crippen LogP contribution is -2.14. The summed E-state index contributed by atoms with van der Waals surface area (Å²) in [4.78, 5) is 18.9. The van der Waals surface area contributed by atoms with Crippen LogP contribution in [0.1, 0.15) is 6.92 Å². The number of nitrogens with zero attached hydrogens (tertiary/aromatic N) is 2. The van der Waals surface area contributed by atoms with Gasteiger partial charge in [0, 0.05) is 10.4 Å². The molecular formula is C11H10ClN3O3. The van der Waals surface area contributed by atoms with Crippen molar-refractivity contribution >= 4 is 34.4 Å². The van der Waals surface area contributed by atoms with Gasteiger partial charge in [-0.3, -0.25) is 5.32 Å². The number of hydrogen-bond acceptors (Lipinski definition) is 5. The van der Waals surface area contributed by atoms with Gasteiger partial charge in [0.15, 0.2) is 5.82 Å². The highest BCUT2D eigenvalue weighted by atomic mass is 35.5. The predicted molar refractivity (Wildman–Crippen MR) is 66.9 cm³/mol. The molecule has 0 fully saturated rings. The summed E-state index contributed by atoms with van der Waals surface area (Å²) in [6, 6.07) is 4.41. The second kappa shape index (κ2) is 5.05. The molecule has 18 heavy (non-hydrogen) atoms. The van der Waals surface area contributed by atoms with Crippen molar-refractivity contribution in [2.75, 3.05) is 11.9 Å². The number of anilines is 1. The molecule has 0 radical (unpaired) electrons. The van der Waals surface area contributed by atoms with Crippen LogP contribution < -0.4 is 5.32 Å². The third kappa shape index (κ3) is 2.60. The van der Waals surface area contributed by atoms with Crippen LogP contribution in [0.5, 0.6) is 6.01 Å². The summed E-state index contributed by atoms with van der Waals surface area (Å²) >= 11 is 5.82. The largest absolute Gasteiger partial charge is 0.479 e. The maximum atomic E-state index is 11.3. The van der Waals surface area contributed by atoms with Crippen LogP contribution in [-0.4, -0.2) is 27.8 Å². The molecule has 2 N–H and O–H groups in total. The Morgan fingerprint density at radius 2 is 2.28 bits per heavy atom. The zero-order chi connectivity index (χ0) is 13.1. The van der Waals surface area contributed by atoms with Crippen molar-refractivity contribution < 1.29 is 14.6 Å². The molecule has 0 bridgehead atoms. The molecule has 2 aromatic rings. The molecule has 0 aliphatic rings. The van der Waals surface area contributed by atoms with Crippen LogP contribution in [0.25, 0.3) is 10.9 Å². The summed E-state index contributed by atoms with van der Waals surface area (Å²) in [5.74, 6) is 0.174. The van der Waals surface area contributed by atoms with Crippen LogP contribution in [0.2, 0.25) is 5.02 Å². The lowest BCUT2D eigenvalue weighted by Gasteiger charge is -2.07. The molecule has 0 unspecified atom stereocenters. The molecular weight excluding hydrogens is 258 g/mol. The number of nitrogens with one attached hydrogen (secondary N) is 1. The van der Waals surface area contributed by atoms with Crippen LogP contribution in [0.3, 0.4) is 0 Å². The summed E-state index contributed by atoms with van der Waals surface area (Å²) in [7, 11) is 0. The first-order chi connectivity index (χ1) is 8.60. The second-order valence-corrected chi connectivity index (χ2v) is 3.82. The first kappa shape index (κ1) is 12.4. The molecule has 0 aliphatic heterocycles. The van der Waals surface area contributed by atoms with E-state index in [0.717, 1.165) is 0 Å². The minimum atomic E-state index is -0.646. The maximum absolute atomic E-state index is 11.3. The zero-order valence-electron chi connectivity index (χ0n) is 9.48. The Balaban J connectivity index is 2.46. The minimum absolute atomic E-state index is 0.174. The zero-order valence-corrected chi connectivity index (χ0v) is 10.2. The van der Waals surface area contributed by atoms with Gasteiger partial charge in [0.05, 0.1) is 12.1 Å². The second-order valence-electron chi connectivity index (χ2n) is 3.38. The number of ether oxygens (including phenoxy) is 1. The first-order valence-corrected chi connectivity index (χ1v) is 5.58. The van der Waals surface area contributed by atoms with E-state index in [2.05, 4.69) is 15.3 Å². The first-order valence-electron chi connectivity index (χ1n) is 5.20. The molecule has 7 heteroatoms. The Kier molecular flexibility index (Phi) is 3.47. The topological polar surface area (TPSA) is 84.3 Å². The van der Waals surface area contributed by atoms with Gasteiger partial charge in [-0.1, -0.05) is 11.6 Å². The molecule has 1 aromatic carbocycles. The lowest BCUT2D eigenvalue weighted by molar-refractivity contribution is 0.168. The number of aromatic hydroxyl groups is 1. The molecule has 1 heterocycles. The number of fused-ring (bicyclic) bond motifs is 1. The average molecular weight is 268 g/mol. The van der Waals surface area contributed by atoms with Gasteiger partial charge in [-0.05, 0) is 25.1 Å². The molecule has 94 valence electrons. The fourth-order valence-corrected chi connectivity index (χ4v) is 1.62. The number of amides is 1. The van der Waals surface area contributed by atoms with Gasteiger partial charge >= 0.3 is 12.1 Å². The minimum Gasteiger partial charge on any atom is -0.479 e. The number of benzene rings is 1. The molecule has 0 atom stereocenters. The van der Waals surface area contributed by atoms with Crippen molar-refractivity contribution in [1.29, 1.82) is 0 Å². The SMILES string of the molecule is CCOC(=O)Nc1nc(O)nc2cc(Cl)ccc12. The number of carbonyl (C=O) groups is 1. The van der Waals surface area contributed by atoms with Crippen molar-refractivity contribution in [2.24, 2.45) is 0 Å². The van der Waals surface area contributed by atoms with Gasteiger partial charge in [-0.15, -0.1) is 0 Å². The summed E-state index contributed by atoms with van der Waals surface area (Å²) in [6.45, 7) is 1.93. The summed E-state index contributed by atoms with van der Waals surface area (Å²) < 4.78 is 4.74. The maximum Gasteiger partial charge on any atom is 0.412 e. The van der Waals surface area contributed by atoms with E-state index < -0.39 is 12.1 Å². The van der Waals surface area contributed by atoms with E-state index in [4.69, 9.17) is 16.3 Å². The number of carbonyl (C=O) groups excluding carboxylic acids is 1. The molecule has 0 aliphatic carbocycles. The van der Waals surface area contributed by atoms with Crippen molar-refractivity contribution in [3.05, 3.63) is 23.2 Å². The van der Waals surface area contributed by atoms with Crippen molar-refractivity contribution in [3.63, 3.8) is 0 Å². The molecule has 2 rings (SSSR count). The number of hydrogen-bond donors (Lipinski definition) is 2. The van der Waals surface area contributed by atoms with E-state index in [1.54, 1.807) is 25.1 Å². The Hall–Kier alpha value is -2.08. The van der Waals surface area contributed by atoms with E-state index in [0.29, 0.717) is 15.9 Å². The number of halogens is 1. The van der Waals surface area contributed by atoms with Gasteiger partial charge in [-0.2, -0.15) is 9.97 Å². The van der Waals surface area contributed by atoms with Crippen LogP contribution in [0, 0.1) is 0 Å². The van der Waals surface area contributed by atoms with Gasteiger partial charge in [0.2, 0.25) is 0 Å². The van der Waals surface area contributed by atoms with Crippen LogP contribution >= 0.6 is 11.6 Å². The molecule has 0 saturated heterocycles. The van der Waals surface area contributed by atoms with E-state index in [1.807, 2.05) is 0 Å². The standard InChI is InChI=1S/C11H10ClN3O3/c1-2-18-11(17)15-9-7-4-3-6(12)5-8(7)13-10(16)14-9/h3-5H,2H2,1H3,(H2,13,14,15,16,17). The fourth-order valence-electron chi connectivity index (χ4n) is 1.45. The van der Waals surface area contributed by atoms with E-state index >= 15 is 0 Å². The summed E-state index contributed by atoms with van der Waals surface area (Å²) in [5, 5.41) is 12.9. The highest BCUT2D eigenvalue weighted by Crippen LogP contribution is 2.25. The quantitative estimate of drug-likeness (QED) is 0.873.